The van der Waals surface area contributed by atoms with Crippen molar-refractivity contribution in [2.75, 3.05) is 13.6 Å². The number of carbonyl (C=O) groups excluding carboxylic acids is 1. The summed E-state index contributed by atoms with van der Waals surface area (Å²) in [6.45, 7) is 2.90. The number of primary amides is 1. The molecule has 0 radical (unpaired) electrons. The van der Waals surface area contributed by atoms with Gasteiger partial charge in [0.05, 0.1) is 6.04 Å². The fourth-order valence-electron chi connectivity index (χ4n) is 2.15. The molecule has 3 heteroatoms. The largest absolute Gasteiger partial charge is 0.368 e. The van der Waals surface area contributed by atoms with Crippen LogP contribution in [-0.4, -0.2) is 30.4 Å². The molecule has 1 aliphatic carbocycles. The van der Waals surface area contributed by atoms with E-state index < -0.39 is 0 Å². The highest BCUT2D eigenvalue weighted by molar-refractivity contribution is 5.79. The second-order valence-corrected chi connectivity index (χ2v) is 4.52. The average Bonchev–Trinajstić information content (AvgIpc) is 2.18. The van der Waals surface area contributed by atoms with E-state index in [-0.39, 0.29) is 11.9 Å². The van der Waals surface area contributed by atoms with Gasteiger partial charge in [-0.3, -0.25) is 9.69 Å². The van der Waals surface area contributed by atoms with Crippen LogP contribution in [0, 0.1) is 5.92 Å². The SMILES string of the molecule is C[C@@H](C(N)=O)N(C)CC1CCCCC1. The molecule has 0 aromatic carbocycles. The minimum absolute atomic E-state index is 0.128. The maximum atomic E-state index is 11.0. The van der Waals surface area contributed by atoms with E-state index in [4.69, 9.17) is 5.73 Å². The highest BCUT2D eigenvalue weighted by Gasteiger charge is 2.20. The molecule has 0 heterocycles. The maximum Gasteiger partial charge on any atom is 0.234 e. The lowest BCUT2D eigenvalue weighted by molar-refractivity contribution is -0.122. The summed E-state index contributed by atoms with van der Waals surface area (Å²) in [5, 5.41) is 0. The molecule has 0 aliphatic heterocycles. The quantitative estimate of drug-likeness (QED) is 0.741. The Labute approximate surface area is 86.6 Å². The molecule has 2 N–H and O–H groups in total. The van der Waals surface area contributed by atoms with Crippen LogP contribution in [-0.2, 0) is 4.79 Å². The Morgan fingerprint density at radius 2 is 2.00 bits per heavy atom. The first-order chi connectivity index (χ1) is 6.61. The van der Waals surface area contributed by atoms with Crippen LogP contribution in [0.25, 0.3) is 0 Å². The highest BCUT2D eigenvalue weighted by atomic mass is 16.1. The summed E-state index contributed by atoms with van der Waals surface area (Å²) < 4.78 is 0. The molecule has 1 aliphatic rings. The third-order valence-corrected chi connectivity index (χ3v) is 3.34. The first-order valence-electron chi connectivity index (χ1n) is 5.61. The van der Waals surface area contributed by atoms with Crippen molar-refractivity contribution in [1.29, 1.82) is 0 Å². The number of rotatable bonds is 4. The molecule has 1 fully saturated rings. The van der Waals surface area contributed by atoms with E-state index in [1.807, 2.05) is 14.0 Å². The fraction of sp³-hybridized carbons (Fsp3) is 0.909. The van der Waals surface area contributed by atoms with Crippen molar-refractivity contribution >= 4 is 5.91 Å². The number of nitrogens with zero attached hydrogens (tertiary/aromatic N) is 1. The number of hydrogen-bond acceptors (Lipinski definition) is 2. The Kier molecular flexibility index (Phi) is 4.39. The third-order valence-electron chi connectivity index (χ3n) is 3.34. The highest BCUT2D eigenvalue weighted by Crippen LogP contribution is 2.24. The lowest BCUT2D eigenvalue weighted by Gasteiger charge is -2.29. The van der Waals surface area contributed by atoms with Gasteiger partial charge in [-0.15, -0.1) is 0 Å². The molecule has 1 rings (SSSR count). The molecule has 0 aromatic rings. The summed E-state index contributed by atoms with van der Waals surface area (Å²) in [5.41, 5.74) is 5.26. The van der Waals surface area contributed by atoms with Crippen molar-refractivity contribution in [3.8, 4) is 0 Å². The van der Waals surface area contributed by atoms with Crippen molar-refractivity contribution in [3.63, 3.8) is 0 Å². The van der Waals surface area contributed by atoms with E-state index in [2.05, 4.69) is 4.90 Å². The molecule has 0 aromatic heterocycles. The molecular weight excluding hydrogens is 176 g/mol. The van der Waals surface area contributed by atoms with Gasteiger partial charge < -0.3 is 5.73 Å². The number of hydrogen-bond donors (Lipinski definition) is 1. The van der Waals surface area contributed by atoms with Crippen LogP contribution in [0.4, 0.5) is 0 Å². The molecule has 82 valence electrons. The first-order valence-corrected chi connectivity index (χ1v) is 5.61. The van der Waals surface area contributed by atoms with Crippen LogP contribution in [0.3, 0.4) is 0 Å². The minimum Gasteiger partial charge on any atom is -0.368 e. The van der Waals surface area contributed by atoms with Gasteiger partial charge in [-0.05, 0) is 32.7 Å². The van der Waals surface area contributed by atoms with E-state index in [0.717, 1.165) is 12.5 Å². The Hall–Kier alpha value is -0.570. The third kappa shape index (κ3) is 3.29. The number of carbonyl (C=O) groups is 1. The standard InChI is InChI=1S/C11H22N2O/c1-9(11(12)14)13(2)8-10-6-4-3-5-7-10/h9-10H,3-8H2,1-2H3,(H2,12,14)/t9-/m0/s1. The van der Waals surface area contributed by atoms with Gasteiger partial charge >= 0.3 is 0 Å². The summed E-state index contributed by atoms with van der Waals surface area (Å²) in [6.07, 6.45) is 6.71. The minimum atomic E-state index is -0.219. The zero-order valence-corrected chi connectivity index (χ0v) is 9.33. The van der Waals surface area contributed by atoms with Gasteiger partial charge in [0.2, 0.25) is 5.91 Å². The molecule has 0 unspecified atom stereocenters. The van der Waals surface area contributed by atoms with Gasteiger partial charge in [0.15, 0.2) is 0 Å². The molecule has 0 bridgehead atoms. The molecule has 1 atom stereocenters. The van der Waals surface area contributed by atoms with Crippen LogP contribution in [0.2, 0.25) is 0 Å². The predicted molar refractivity (Wildman–Crippen MR) is 57.9 cm³/mol. The molecule has 1 saturated carbocycles. The lowest BCUT2D eigenvalue weighted by atomic mass is 9.89. The number of likely N-dealkylation sites (N-methyl/N-ethyl adjacent to an activating group) is 1. The average molecular weight is 198 g/mol. The molecular formula is C11H22N2O. The predicted octanol–water partition coefficient (Wildman–Crippen LogP) is 1.37. The molecule has 14 heavy (non-hydrogen) atoms. The number of amides is 1. The molecule has 0 spiro atoms. The second kappa shape index (κ2) is 5.35. The Morgan fingerprint density at radius 1 is 1.43 bits per heavy atom. The van der Waals surface area contributed by atoms with Gasteiger partial charge in [-0.1, -0.05) is 19.3 Å². The van der Waals surface area contributed by atoms with Crippen molar-refractivity contribution in [2.24, 2.45) is 11.7 Å². The van der Waals surface area contributed by atoms with E-state index >= 15 is 0 Å². The smallest absolute Gasteiger partial charge is 0.234 e. The summed E-state index contributed by atoms with van der Waals surface area (Å²) in [5.74, 6) is 0.554. The molecule has 0 saturated heterocycles. The van der Waals surface area contributed by atoms with Crippen molar-refractivity contribution < 1.29 is 4.79 Å². The van der Waals surface area contributed by atoms with Gasteiger partial charge in [0, 0.05) is 6.54 Å². The van der Waals surface area contributed by atoms with Gasteiger partial charge in [0.25, 0.3) is 0 Å². The zero-order valence-electron chi connectivity index (χ0n) is 9.33. The topological polar surface area (TPSA) is 46.3 Å². The van der Waals surface area contributed by atoms with Gasteiger partial charge in [0.1, 0.15) is 0 Å². The van der Waals surface area contributed by atoms with Gasteiger partial charge in [-0.25, -0.2) is 0 Å². The Morgan fingerprint density at radius 3 is 2.50 bits per heavy atom. The van der Waals surface area contributed by atoms with Crippen molar-refractivity contribution in [1.82, 2.24) is 4.90 Å². The Balaban J connectivity index is 2.31. The van der Waals surface area contributed by atoms with E-state index in [9.17, 15) is 4.79 Å². The van der Waals surface area contributed by atoms with E-state index in [1.165, 1.54) is 32.1 Å². The molecule has 1 amide bonds. The fourth-order valence-corrected chi connectivity index (χ4v) is 2.15. The zero-order chi connectivity index (χ0) is 10.6. The Bertz CT molecular complexity index is 188. The van der Waals surface area contributed by atoms with Crippen molar-refractivity contribution in [3.05, 3.63) is 0 Å². The van der Waals surface area contributed by atoms with Crippen LogP contribution < -0.4 is 5.73 Å². The second-order valence-electron chi connectivity index (χ2n) is 4.52. The monoisotopic (exact) mass is 198 g/mol. The maximum absolute atomic E-state index is 11.0. The van der Waals surface area contributed by atoms with Crippen LogP contribution in [0.15, 0.2) is 0 Å². The normalized spacial score (nSPS) is 21.1. The summed E-state index contributed by atoms with van der Waals surface area (Å²) >= 11 is 0. The van der Waals surface area contributed by atoms with Crippen LogP contribution in [0.5, 0.6) is 0 Å². The van der Waals surface area contributed by atoms with Crippen LogP contribution in [0.1, 0.15) is 39.0 Å². The van der Waals surface area contributed by atoms with E-state index in [1.54, 1.807) is 0 Å². The summed E-state index contributed by atoms with van der Waals surface area (Å²) in [6, 6.07) is -0.128. The summed E-state index contributed by atoms with van der Waals surface area (Å²) in [4.78, 5) is 13.0. The summed E-state index contributed by atoms with van der Waals surface area (Å²) in [7, 11) is 1.99. The van der Waals surface area contributed by atoms with E-state index in [0.29, 0.717) is 0 Å². The number of nitrogens with two attached hydrogens (primary N) is 1. The molecule has 3 nitrogen and oxygen atoms in total. The first kappa shape index (κ1) is 11.5. The lowest BCUT2D eigenvalue weighted by Crippen LogP contribution is -2.42. The van der Waals surface area contributed by atoms with Gasteiger partial charge in [-0.2, -0.15) is 0 Å². The van der Waals surface area contributed by atoms with Crippen molar-refractivity contribution in [2.45, 2.75) is 45.1 Å². The van der Waals surface area contributed by atoms with Crippen LogP contribution >= 0.6 is 0 Å².